The van der Waals surface area contributed by atoms with Crippen LogP contribution in [-0.2, 0) is 12.8 Å². The molecule has 2 aromatic rings. The first kappa shape index (κ1) is 12.4. The van der Waals surface area contributed by atoms with Crippen LogP contribution in [0, 0.1) is 0 Å². The first-order valence-electron chi connectivity index (χ1n) is 7.01. The van der Waals surface area contributed by atoms with Gasteiger partial charge in [0.15, 0.2) is 5.82 Å². The van der Waals surface area contributed by atoms with Crippen molar-refractivity contribution in [1.29, 1.82) is 0 Å². The van der Waals surface area contributed by atoms with E-state index in [2.05, 4.69) is 39.7 Å². The van der Waals surface area contributed by atoms with Crippen molar-refractivity contribution in [2.75, 3.05) is 6.54 Å². The van der Waals surface area contributed by atoms with Crippen LogP contribution in [-0.4, -0.2) is 16.7 Å². The lowest BCUT2D eigenvalue weighted by Crippen LogP contribution is -2.27. The highest BCUT2D eigenvalue weighted by Crippen LogP contribution is 2.20. The number of aromatic nitrogens is 2. The summed E-state index contributed by atoms with van der Waals surface area (Å²) >= 11 is 0. The second kappa shape index (κ2) is 5.97. The van der Waals surface area contributed by atoms with Gasteiger partial charge in [0.05, 0.1) is 6.04 Å². The average Bonchev–Trinajstić information content (AvgIpc) is 2.96. The van der Waals surface area contributed by atoms with E-state index in [1.54, 1.807) is 0 Å². The molecule has 1 aliphatic rings. The van der Waals surface area contributed by atoms with Crippen molar-refractivity contribution in [2.24, 2.45) is 0 Å². The molecule has 2 heterocycles. The van der Waals surface area contributed by atoms with E-state index in [-0.39, 0.29) is 6.04 Å². The van der Waals surface area contributed by atoms with Crippen LogP contribution < -0.4 is 5.32 Å². The van der Waals surface area contributed by atoms with E-state index in [9.17, 15) is 0 Å². The van der Waals surface area contributed by atoms with Gasteiger partial charge in [-0.05, 0) is 31.4 Å². The minimum atomic E-state index is 0.281. The fourth-order valence-electron chi connectivity index (χ4n) is 2.48. The van der Waals surface area contributed by atoms with Gasteiger partial charge < -0.3 is 9.84 Å². The molecule has 1 saturated heterocycles. The summed E-state index contributed by atoms with van der Waals surface area (Å²) in [5, 5.41) is 7.54. The normalized spacial score (nSPS) is 19.5. The smallest absolute Gasteiger partial charge is 0.227 e. The van der Waals surface area contributed by atoms with Crippen molar-refractivity contribution in [3.63, 3.8) is 0 Å². The summed E-state index contributed by atoms with van der Waals surface area (Å²) in [7, 11) is 0. The third-order valence-electron chi connectivity index (χ3n) is 3.58. The molecule has 19 heavy (non-hydrogen) atoms. The van der Waals surface area contributed by atoms with Crippen molar-refractivity contribution in [3.05, 3.63) is 47.6 Å². The van der Waals surface area contributed by atoms with Crippen molar-refractivity contribution in [2.45, 2.75) is 38.1 Å². The van der Waals surface area contributed by atoms with E-state index in [1.165, 1.54) is 18.4 Å². The Morgan fingerprint density at radius 1 is 1.16 bits per heavy atom. The molecule has 1 aliphatic heterocycles. The molecule has 0 bridgehead atoms. The molecule has 4 heteroatoms. The number of hydrogen-bond donors (Lipinski definition) is 1. The molecule has 1 atom stereocenters. The highest BCUT2D eigenvalue weighted by Gasteiger charge is 2.20. The van der Waals surface area contributed by atoms with Crippen molar-refractivity contribution >= 4 is 0 Å². The van der Waals surface area contributed by atoms with Gasteiger partial charge in [-0.1, -0.05) is 41.9 Å². The van der Waals surface area contributed by atoms with Crippen LogP contribution in [0.15, 0.2) is 34.9 Å². The van der Waals surface area contributed by atoms with Gasteiger partial charge >= 0.3 is 0 Å². The largest absolute Gasteiger partial charge is 0.339 e. The zero-order valence-electron chi connectivity index (χ0n) is 11.0. The maximum Gasteiger partial charge on any atom is 0.227 e. The Kier molecular flexibility index (Phi) is 3.89. The summed E-state index contributed by atoms with van der Waals surface area (Å²) in [6, 6.07) is 10.7. The molecule has 1 N–H and O–H groups in total. The molecule has 100 valence electrons. The Morgan fingerprint density at radius 2 is 2.05 bits per heavy atom. The third-order valence-corrected chi connectivity index (χ3v) is 3.58. The topological polar surface area (TPSA) is 51.0 Å². The molecule has 1 unspecified atom stereocenters. The lowest BCUT2D eigenvalue weighted by Gasteiger charge is -2.19. The maximum atomic E-state index is 5.34. The summed E-state index contributed by atoms with van der Waals surface area (Å²) in [6.45, 7) is 1.05. The SMILES string of the molecule is c1ccc(CCc2nc(C3CCCCN3)no2)cc1. The second-order valence-corrected chi connectivity index (χ2v) is 5.03. The van der Waals surface area contributed by atoms with Crippen molar-refractivity contribution in [1.82, 2.24) is 15.5 Å². The zero-order chi connectivity index (χ0) is 12.9. The van der Waals surface area contributed by atoms with Gasteiger partial charge in [-0.15, -0.1) is 0 Å². The van der Waals surface area contributed by atoms with Gasteiger partial charge in [-0.3, -0.25) is 0 Å². The van der Waals surface area contributed by atoms with Gasteiger partial charge in [0.1, 0.15) is 0 Å². The Balaban J connectivity index is 1.58. The molecule has 0 amide bonds. The molecule has 3 rings (SSSR count). The van der Waals surface area contributed by atoms with Gasteiger partial charge in [0, 0.05) is 6.42 Å². The summed E-state index contributed by atoms with van der Waals surface area (Å²) < 4.78 is 5.34. The van der Waals surface area contributed by atoms with Crippen LogP contribution >= 0.6 is 0 Å². The third kappa shape index (κ3) is 3.20. The lowest BCUT2D eigenvalue weighted by atomic mass is 10.0. The molecule has 1 aromatic heterocycles. The molecule has 1 aromatic carbocycles. The number of benzene rings is 1. The standard InChI is InChI=1S/C15H19N3O/c1-2-6-12(7-3-1)9-10-14-17-15(18-19-14)13-8-4-5-11-16-13/h1-3,6-7,13,16H,4-5,8-11H2. The summed E-state index contributed by atoms with van der Waals surface area (Å²) in [5.74, 6) is 1.56. The van der Waals surface area contributed by atoms with E-state index < -0.39 is 0 Å². The molecule has 0 saturated carbocycles. The summed E-state index contributed by atoms with van der Waals surface area (Å²) in [6.07, 6.45) is 5.35. The number of rotatable bonds is 4. The Morgan fingerprint density at radius 3 is 2.84 bits per heavy atom. The predicted octanol–water partition coefficient (Wildman–Crippen LogP) is 2.67. The Labute approximate surface area is 113 Å². The predicted molar refractivity (Wildman–Crippen MR) is 72.7 cm³/mol. The summed E-state index contributed by atoms with van der Waals surface area (Å²) in [4.78, 5) is 4.51. The molecule has 0 radical (unpaired) electrons. The number of aryl methyl sites for hydroxylation is 2. The molecule has 0 aliphatic carbocycles. The highest BCUT2D eigenvalue weighted by atomic mass is 16.5. The van der Waals surface area contributed by atoms with Gasteiger partial charge in [0.2, 0.25) is 5.89 Å². The van der Waals surface area contributed by atoms with Gasteiger partial charge in [0.25, 0.3) is 0 Å². The average molecular weight is 257 g/mol. The zero-order valence-corrected chi connectivity index (χ0v) is 11.0. The molecule has 1 fully saturated rings. The second-order valence-electron chi connectivity index (χ2n) is 5.03. The number of hydrogen-bond acceptors (Lipinski definition) is 4. The van der Waals surface area contributed by atoms with Crippen LogP contribution in [0.1, 0.15) is 42.6 Å². The minimum absolute atomic E-state index is 0.281. The number of nitrogens with zero attached hydrogens (tertiary/aromatic N) is 2. The Bertz CT molecular complexity index is 503. The van der Waals surface area contributed by atoms with E-state index in [0.717, 1.165) is 37.5 Å². The highest BCUT2D eigenvalue weighted by molar-refractivity contribution is 5.15. The van der Waals surface area contributed by atoms with Crippen LogP contribution in [0.4, 0.5) is 0 Å². The van der Waals surface area contributed by atoms with Gasteiger partial charge in [-0.2, -0.15) is 4.98 Å². The first-order valence-corrected chi connectivity index (χ1v) is 7.01. The van der Waals surface area contributed by atoms with E-state index in [0.29, 0.717) is 0 Å². The van der Waals surface area contributed by atoms with Gasteiger partial charge in [-0.25, -0.2) is 0 Å². The fraction of sp³-hybridized carbons (Fsp3) is 0.467. The molecular formula is C15H19N3O. The lowest BCUT2D eigenvalue weighted by molar-refractivity contribution is 0.348. The number of piperidine rings is 1. The van der Waals surface area contributed by atoms with Crippen LogP contribution in [0.2, 0.25) is 0 Å². The van der Waals surface area contributed by atoms with E-state index >= 15 is 0 Å². The molecule has 0 spiro atoms. The summed E-state index contributed by atoms with van der Waals surface area (Å²) in [5.41, 5.74) is 1.30. The molecule has 4 nitrogen and oxygen atoms in total. The van der Waals surface area contributed by atoms with Crippen molar-refractivity contribution < 1.29 is 4.52 Å². The van der Waals surface area contributed by atoms with E-state index in [1.807, 2.05) is 6.07 Å². The van der Waals surface area contributed by atoms with Crippen molar-refractivity contribution in [3.8, 4) is 0 Å². The quantitative estimate of drug-likeness (QED) is 0.915. The minimum Gasteiger partial charge on any atom is -0.339 e. The number of nitrogens with one attached hydrogen (secondary N) is 1. The van der Waals surface area contributed by atoms with Crippen LogP contribution in [0.3, 0.4) is 0 Å². The monoisotopic (exact) mass is 257 g/mol. The maximum absolute atomic E-state index is 5.34. The van der Waals surface area contributed by atoms with Crippen LogP contribution in [0.5, 0.6) is 0 Å². The first-order chi connectivity index (χ1) is 9.42. The fourth-order valence-corrected chi connectivity index (χ4v) is 2.48. The Hall–Kier alpha value is -1.68. The molecular weight excluding hydrogens is 238 g/mol. The van der Waals surface area contributed by atoms with E-state index in [4.69, 9.17) is 4.52 Å². The van der Waals surface area contributed by atoms with Crippen LogP contribution in [0.25, 0.3) is 0 Å².